The van der Waals surface area contributed by atoms with Gasteiger partial charge in [-0.05, 0) is 36.2 Å². The second-order valence-electron chi connectivity index (χ2n) is 7.35. The number of halogens is 2. The van der Waals surface area contributed by atoms with Gasteiger partial charge in [0.1, 0.15) is 10.7 Å². The minimum atomic E-state index is -3.99. The molecule has 4 aromatic rings. The number of aromatic nitrogens is 4. The van der Waals surface area contributed by atoms with Gasteiger partial charge >= 0.3 is 0 Å². The summed E-state index contributed by atoms with van der Waals surface area (Å²) in [5.74, 6) is 0.555. The number of sulfonamides is 1. The lowest BCUT2D eigenvalue weighted by atomic mass is 9.99. The van der Waals surface area contributed by atoms with E-state index in [1.54, 1.807) is 24.4 Å². The Labute approximate surface area is 193 Å². The number of hydrogen-bond donors (Lipinski definition) is 3. The molecule has 0 saturated heterocycles. The first-order valence-electron chi connectivity index (χ1n) is 9.62. The van der Waals surface area contributed by atoms with Gasteiger partial charge in [-0.1, -0.05) is 41.4 Å². The molecule has 1 unspecified atom stereocenters. The summed E-state index contributed by atoms with van der Waals surface area (Å²) in [5.41, 5.74) is 7.78. The van der Waals surface area contributed by atoms with Crippen molar-refractivity contribution in [3.63, 3.8) is 0 Å². The van der Waals surface area contributed by atoms with Crippen LogP contribution in [0.5, 0.6) is 0 Å². The van der Waals surface area contributed by atoms with E-state index in [9.17, 15) is 8.42 Å². The Morgan fingerprint density at radius 2 is 1.97 bits per heavy atom. The number of aromatic amines is 1. The third-order valence-corrected chi connectivity index (χ3v) is 7.74. The molecule has 0 radical (unpaired) electrons. The van der Waals surface area contributed by atoms with Crippen LogP contribution < -0.4 is 15.4 Å². The zero-order valence-corrected chi connectivity index (χ0v) is 18.8. The molecule has 0 fully saturated rings. The van der Waals surface area contributed by atoms with E-state index in [1.165, 1.54) is 16.4 Å². The second-order valence-corrected chi connectivity index (χ2v) is 10.0. The highest BCUT2D eigenvalue weighted by Crippen LogP contribution is 2.36. The summed E-state index contributed by atoms with van der Waals surface area (Å²) in [5, 5.41) is 11.1. The fourth-order valence-electron chi connectivity index (χ4n) is 3.83. The lowest BCUT2D eigenvalue weighted by Crippen LogP contribution is -2.45. The number of nitrogen functional groups attached to an aromatic ring is 1. The fraction of sp³-hybridized carbons (Fsp3) is 0.150. The van der Waals surface area contributed by atoms with Crippen molar-refractivity contribution in [1.29, 1.82) is 0 Å². The molecular formula is C20H17Cl2N7O2S. The first kappa shape index (κ1) is 20.8. The lowest BCUT2D eigenvalue weighted by Gasteiger charge is -2.36. The Kier molecular flexibility index (Phi) is 5.07. The molecule has 3 heterocycles. The van der Waals surface area contributed by atoms with Crippen LogP contribution in [0, 0.1) is 0 Å². The van der Waals surface area contributed by atoms with Gasteiger partial charge in [-0.2, -0.15) is 15.1 Å². The molecule has 164 valence electrons. The number of H-pyrrole nitrogens is 1. The predicted molar refractivity (Wildman–Crippen MR) is 125 cm³/mol. The first-order valence-corrected chi connectivity index (χ1v) is 11.8. The fourth-order valence-corrected chi connectivity index (χ4v) is 6.12. The zero-order chi connectivity index (χ0) is 22.5. The summed E-state index contributed by atoms with van der Waals surface area (Å²) in [4.78, 5) is 8.35. The highest BCUT2D eigenvalue weighted by Gasteiger charge is 2.35. The maximum absolute atomic E-state index is 13.6. The van der Waals surface area contributed by atoms with Crippen molar-refractivity contribution in [3.05, 3.63) is 64.3 Å². The molecule has 4 N–H and O–H groups in total. The maximum Gasteiger partial charge on any atom is 0.265 e. The molecule has 0 saturated carbocycles. The number of nitrogens with one attached hydrogen (secondary N) is 2. The number of anilines is 3. The summed E-state index contributed by atoms with van der Waals surface area (Å²) in [6, 6.07) is 11.4. The van der Waals surface area contributed by atoms with Gasteiger partial charge in [0.05, 0.1) is 34.9 Å². The van der Waals surface area contributed by atoms with Gasteiger partial charge in [-0.25, -0.2) is 8.42 Å². The zero-order valence-electron chi connectivity index (χ0n) is 16.5. The van der Waals surface area contributed by atoms with Crippen LogP contribution in [0.25, 0.3) is 11.0 Å². The van der Waals surface area contributed by atoms with Crippen molar-refractivity contribution in [2.75, 3.05) is 21.9 Å². The van der Waals surface area contributed by atoms with Crippen molar-refractivity contribution >= 4 is 61.7 Å². The topological polar surface area (TPSA) is 130 Å². The number of hydrogen-bond acceptors (Lipinski definition) is 7. The molecule has 5 rings (SSSR count). The largest absolute Gasteiger partial charge is 0.368 e. The third-order valence-electron chi connectivity index (χ3n) is 5.24. The Morgan fingerprint density at radius 3 is 2.81 bits per heavy atom. The quantitative estimate of drug-likeness (QED) is 0.399. The maximum atomic E-state index is 13.6. The summed E-state index contributed by atoms with van der Waals surface area (Å²) in [7, 11) is -3.99. The Bertz CT molecular complexity index is 1440. The first-order chi connectivity index (χ1) is 15.3. The smallest absolute Gasteiger partial charge is 0.265 e. The lowest BCUT2D eigenvalue weighted by molar-refractivity contribution is 0.581. The Hall–Kier alpha value is -3.08. The number of fused-ring (bicyclic) bond motifs is 2. The average Bonchev–Trinajstić information content (AvgIpc) is 3.23. The van der Waals surface area contributed by atoms with Gasteiger partial charge in [0.2, 0.25) is 5.95 Å². The van der Waals surface area contributed by atoms with Gasteiger partial charge in [0.25, 0.3) is 10.0 Å². The molecule has 0 aliphatic carbocycles. The number of para-hydroxylation sites is 1. The van der Waals surface area contributed by atoms with E-state index in [0.29, 0.717) is 29.0 Å². The molecule has 0 bridgehead atoms. The van der Waals surface area contributed by atoms with E-state index in [2.05, 4.69) is 25.5 Å². The predicted octanol–water partition coefficient (Wildman–Crippen LogP) is 3.47. The van der Waals surface area contributed by atoms with Crippen LogP contribution in [0.3, 0.4) is 0 Å². The van der Waals surface area contributed by atoms with Crippen molar-refractivity contribution in [3.8, 4) is 0 Å². The average molecular weight is 490 g/mol. The van der Waals surface area contributed by atoms with Crippen molar-refractivity contribution in [2.45, 2.75) is 17.4 Å². The van der Waals surface area contributed by atoms with Gasteiger partial charge in [0, 0.05) is 5.02 Å². The van der Waals surface area contributed by atoms with E-state index in [1.807, 2.05) is 12.1 Å². The van der Waals surface area contributed by atoms with Crippen LogP contribution in [0.15, 0.2) is 53.6 Å². The highest BCUT2D eigenvalue weighted by atomic mass is 35.5. The molecule has 9 nitrogen and oxygen atoms in total. The van der Waals surface area contributed by atoms with Crippen LogP contribution in [0.4, 0.5) is 17.5 Å². The third kappa shape index (κ3) is 3.60. The molecule has 2 aromatic heterocycles. The Balaban J connectivity index is 1.56. The van der Waals surface area contributed by atoms with Crippen LogP contribution in [-0.4, -0.2) is 41.2 Å². The number of benzene rings is 2. The minimum Gasteiger partial charge on any atom is -0.368 e. The molecule has 2 aromatic carbocycles. The molecule has 1 aliphatic rings. The van der Waals surface area contributed by atoms with Gasteiger partial charge in [-0.15, -0.1) is 0 Å². The molecule has 0 spiro atoms. The van der Waals surface area contributed by atoms with Crippen molar-refractivity contribution in [1.82, 2.24) is 20.2 Å². The normalized spacial score (nSPS) is 16.2. The monoisotopic (exact) mass is 489 g/mol. The van der Waals surface area contributed by atoms with Crippen molar-refractivity contribution in [2.24, 2.45) is 0 Å². The van der Waals surface area contributed by atoms with E-state index in [4.69, 9.17) is 28.9 Å². The SMILES string of the molecule is Nc1nc(NC2Cc3ccccc3N(S(=O)(=O)c3cc(Cl)ccc3Cl)C2)c2cn[nH]c2n1. The van der Waals surface area contributed by atoms with Gasteiger partial charge in [0.15, 0.2) is 5.65 Å². The summed E-state index contributed by atoms with van der Waals surface area (Å²) >= 11 is 12.3. The standard InChI is InChI=1S/C20H17Cl2N7O2S/c21-12-5-6-15(22)17(8-12)32(30,31)29-10-13(7-11-3-1-2-4-16(11)29)25-18-14-9-24-28-19(14)27-20(23)26-18/h1-6,8-9,13H,7,10H2,(H4,23,24,25,26,27,28). The number of nitrogens with two attached hydrogens (primary N) is 1. The summed E-state index contributed by atoms with van der Waals surface area (Å²) in [6.07, 6.45) is 2.17. The molecule has 32 heavy (non-hydrogen) atoms. The molecule has 1 atom stereocenters. The van der Waals surface area contributed by atoms with Crippen LogP contribution in [0.2, 0.25) is 10.0 Å². The minimum absolute atomic E-state index is 0.0503. The number of rotatable bonds is 4. The summed E-state index contributed by atoms with van der Waals surface area (Å²) in [6.45, 7) is 0.144. The summed E-state index contributed by atoms with van der Waals surface area (Å²) < 4.78 is 28.6. The van der Waals surface area contributed by atoms with Crippen LogP contribution in [-0.2, 0) is 16.4 Å². The molecular weight excluding hydrogens is 473 g/mol. The van der Waals surface area contributed by atoms with E-state index >= 15 is 0 Å². The Morgan fingerprint density at radius 1 is 1.16 bits per heavy atom. The van der Waals surface area contributed by atoms with E-state index in [-0.39, 0.29) is 33.5 Å². The van der Waals surface area contributed by atoms with Crippen LogP contribution in [0.1, 0.15) is 5.56 Å². The van der Waals surface area contributed by atoms with Crippen molar-refractivity contribution < 1.29 is 8.42 Å². The highest BCUT2D eigenvalue weighted by molar-refractivity contribution is 7.93. The van der Waals surface area contributed by atoms with Gasteiger partial charge in [-0.3, -0.25) is 9.40 Å². The van der Waals surface area contributed by atoms with E-state index < -0.39 is 10.0 Å². The molecule has 1 aliphatic heterocycles. The van der Waals surface area contributed by atoms with Crippen LogP contribution >= 0.6 is 23.2 Å². The number of nitrogens with zero attached hydrogens (tertiary/aromatic N) is 4. The second kappa shape index (κ2) is 7.80. The van der Waals surface area contributed by atoms with E-state index in [0.717, 1.165) is 5.56 Å². The van der Waals surface area contributed by atoms with Gasteiger partial charge < -0.3 is 11.1 Å². The molecule has 12 heteroatoms. The molecule has 0 amide bonds.